The average molecular weight is 237 g/mol. The maximum absolute atomic E-state index is 12.0. The predicted molar refractivity (Wildman–Crippen MR) is 60.0 cm³/mol. The molecule has 1 saturated heterocycles. The fourth-order valence-electron chi connectivity index (χ4n) is 2.10. The first-order valence-corrected chi connectivity index (χ1v) is 5.70. The van der Waals surface area contributed by atoms with Gasteiger partial charge in [0, 0.05) is 13.1 Å². The van der Waals surface area contributed by atoms with Crippen molar-refractivity contribution in [3.8, 4) is 0 Å². The van der Waals surface area contributed by atoms with Crippen LogP contribution in [0.25, 0.3) is 0 Å². The van der Waals surface area contributed by atoms with E-state index in [4.69, 9.17) is 9.52 Å². The zero-order valence-corrected chi connectivity index (χ0v) is 9.68. The van der Waals surface area contributed by atoms with Gasteiger partial charge in [-0.25, -0.2) is 4.79 Å². The molecular formula is C12H15NO4. The van der Waals surface area contributed by atoms with Crippen molar-refractivity contribution in [3.63, 3.8) is 0 Å². The molecule has 1 atom stereocenters. The molecule has 92 valence electrons. The number of carbonyl (C=O) groups is 2. The van der Waals surface area contributed by atoms with Crippen LogP contribution in [0.4, 0.5) is 0 Å². The first-order chi connectivity index (χ1) is 8.08. The topological polar surface area (TPSA) is 70.8 Å². The number of hydrogen-bond acceptors (Lipinski definition) is 3. The number of piperidine rings is 1. The first-order valence-electron chi connectivity index (χ1n) is 5.70. The second kappa shape index (κ2) is 4.61. The molecule has 1 unspecified atom stereocenters. The van der Waals surface area contributed by atoms with E-state index in [1.807, 2.05) is 0 Å². The van der Waals surface area contributed by atoms with Gasteiger partial charge in [0.1, 0.15) is 0 Å². The Morgan fingerprint density at radius 3 is 2.71 bits per heavy atom. The Labute approximate surface area is 99.0 Å². The van der Waals surface area contributed by atoms with E-state index in [0.29, 0.717) is 19.0 Å². The molecule has 1 amide bonds. The molecule has 1 aliphatic heterocycles. The number of amides is 1. The largest absolute Gasteiger partial charge is 0.475 e. The molecule has 1 N–H and O–H groups in total. The van der Waals surface area contributed by atoms with Crippen molar-refractivity contribution >= 4 is 11.9 Å². The Bertz CT molecular complexity index is 437. The molecular weight excluding hydrogens is 222 g/mol. The van der Waals surface area contributed by atoms with Gasteiger partial charge in [-0.3, -0.25) is 4.79 Å². The van der Waals surface area contributed by atoms with E-state index in [0.717, 1.165) is 12.8 Å². The lowest BCUT2D eigenvalue weighted by Gasteiger charge is -2.30. The lowest BCUT2D eigenvalue weighted by atomic mass is 10.0. The van der Waals surface area contributed by atoms with Gasteiger partial charge in [-0.2, -0.15) is 0 Å². The summed E-state index contributed by atoms with van der Waals surface area (Å²) in [4.78, 5) is 24.4. The van der Waals surface area contributed by atoms with Crippen molar-refractivity contribution in [1.29, 1.82) is 0 Å². The van der Waals surface area contributed by atoms with Crippen molar-refractivity contribution in [2.24, 2.45) is 5.92 Å². The summed E-state index contributed by atoms with van der Waals surface area (Å²) in [6, 6.07) is 2.73. The molecule has 0 bridgehead atoms. The van der Waals surface area contributed by atoms with Gasteiger partial charge >= 0.3 is 5.97 Å². The summed E-state index contributed by atoms with van der Waals surface area (Å²) in [7, 11) is 0. The quantitative estimate of drug-likeness (QED) is 0.852. The number of carboxylic acid groups (broad SMARTS) is 1. The molecule has 2 heterocycles. The standard InChI is InChI=1S/C12H15NO4/c1-8-3-2-6-13(7-8)11(14)9-4-5-10(17-9)12(15)16/h4-5,8H,2-3,6-7H2,1H3,(H,15,16). The highest BCUT2D eigenvalue weighted by atomic mass is 16.4. The lowest BCUT2D eigenvalue weighted by Crippen LogP contribution is -2.38. The number of furan rings is 1. The second-order valence-corrected chi connectivity index (χ2v) is 4.47. The average Bonchev–Trinajstić information content (AvgIpc) is 2.77. The summed E-state index contributed by atoms with van der Waals surface area (Å²) in [5.41, 5.74) is 0. The number of carboxylic acids is 1. The molecule has 0 spiro atoms. The minimum absolute atomic E-state index is 0.108. The van der Waals surface area contributed by atoms with Crippen molar-refractivity contribution in [1.82, 2.24) is 4.90 Å². The fraction of sp³-hybridized carbons (Fsp3) is 0.500. The van der Waals surface area contributed by atoms with Crippen LogP contribution in [0.5, 0.6) is 0 Å². The zero-order valence-electron chi connectivity index (χ0n) is 9.68. The van der Waals surface area contributed by atoms with Crippen LogP contribution in [0, 0.1) is 5.92 Å². The van der Waals surface area contributed by atoms with Gasteiger partial charge in [-0.05, 0) is 30.9 Å². The van der Waals surface area contributed by atoms with E-state index in [1.54, 1.807) is 4.90 Å². The van der Waals surface area contributed by atoms with Crippen molar-refractivity contribution in [2.75, 3.05) is 13.1 Å². The van der Waals surface area contributed by atoms with Crippen LogP contribution in [0.3, 0.4) is 0 Å². The van der Waals surface area contributed by atoms with Gasteiger partial charge in [0.2, 0.25) is 5.76 Å². The molecule has 1 aliphatic rings. The number of carbonyl (C=O) groups excluding carboxylic acids is 1. The van der Waals surface area contributed by atoms with E-state index in [9.17, 15) is 9.59 Å². The third-order valence-corrected chi connectivity index (χ3v) is 2.97. The van der Waals surface area contributed by atoms with Crippen LogP contribution in [0.2, 0.25) is 0 Å². The zero-order chi connectivity index (χ0) is 12.4. The number of hydrogen-bond donors (Lipinski definition) is 1. The maximum atomic E-state index is 12.0. The number of rotatable bonds is 2. The van der Waals surface area contributed by atoms with E-state index in [1.165, 1.54) is 12.1 Å². The minimum atomic E-state index is -1.16. The Balaban J connectivity index is 2.10. The normalized spacial score (nSPS) is 20.3. The predicted octanol–water partition coefficient (Wildman–Crippen LogP) is 1.85. The summed E-state index contributed by atoms with van der Waals surface area (Å²) < 4.78 is 5.00. The monoisotopic (exact) mass is 237 g/mol. The summed E-state index contributed by atoms with van der Waals surface area (Å²) in [6.45, 7) is 3.53. The van der Waals surface area contributed by atoms with Crippen molar-refractivity contribution in [3.05, 3.63) is 23.7 Å². The third kappa shape index (κ3) is 2.49. The summed E-state index contributed by atoms with van der Waals surface area (Å²) in [5.74, 6) is -0.975. The number of likely N-dealkylation sites (tertiary alicyclic amines) is 1. The van der Waals surface area contributed by atoms with E-state index < -0.39 is 5.97 Å². The summed E-state index contributed by atoms with van der Waals surface area (Å²) in [5, 5.41) is 8.71. The van der Waals surface area contributed by atoms with Crippen LogP contribution in [0.15, 0.2) is 16.5 Å². The van der Waals surface area contributed by atoms with Crippen molar-refractivity contribution in [2.45, 2.75) is 19.8 Å². The van der Waals surface area contributed by atoms with Gasteiger partial charge in [0.25, 0.3) is 5.91 Å². The Morgan fingerprint density at radius 1 is 1.41 bits per heavy atom. The highest BCUT2D eigenvalue weighted by Crippen LogP contribution is 2.19. The van der Waals surface area contributed by atoms with Gasteiger partial charge in [-0.1, -0.05) is 6.92 Å². The van der Waals surface area contributed by atoms with Crippen LogP contribution < -0.4 is 0 Å². The van der Waals surface area contributed by atoms with E-state index >= 15 is 0 Å². The highest BCUT2D eigenvalue weighted by Gasteiger charge is 2.24. The molecule has 17 heavy (non-hydrogen) atoms. The molecule has 5 nitrogen and oxygen atoms in total. The molecule has 1 aromatic heterocycles. The summed E-state index contributed by atoms with van der Waals surface area (Å²) in [6.07, 6.45) is 2.11. The fourth-order valence-corrected chi connectivity index (χ4v) is 2.10. The van der Waals surface area contributed by atoms with Gasteiger partial charge in [0.05, 0.1) is 0 Å². The first kappa shape index (κ1) is 11.7. The van der Waals surface area contributed by atoms with Gasteiger partial charge in [0.15, 0.2) is 5.76 Å². The Kier molecular flexibility index (Phi) is 3.17. The molecule has 5 heteroatoms. The molecule has 1 fully saturated rings. The molecule has 0 saturated carbocycles. The number of aromatic carboxylic acids is 1. The molecule has 2 rings (SSSR count). The molecule has 1 aromatic rings. The molecule has 0 aromatic carbocycles. The molecule has 0 aliphatic carbocycles. The highest BCUT2D eigenvalue weighted by molar-refractivity contribution is 5.93. The Hall–Kier alpha value is -1.78. The third-order valence-electron chi connectivity index (χ3n) is 2.97. The van der Waals surface area contributed by atoms with Crippen LogP contribution >= 0.6 is 0 Å². The van der Waals surface area contributed by atoms with E-state index in [-0.39, 0.29) is 17.4 Å². The lowest BCUT2D eigenvalue weighted by molar-refractivity contribution is 0.0624. The van der Waals surface area contributed by atoms with Gasteiger partial charge in [-0.15, -0.1) is 0 Å². The van der Waals surface area contributed by atoms with Crippen LogP contribution in [0.1, 0.15) is 40.9 Å². The molecule has 0 radical (unpaired) electrons. The van der Waals surface area contributed by atoms with Crippen LogP contribution in [-0.4, -0.2) is 35.0 Å². The minimum Gasteiger partial charge on any atom is -0.475 e. The SMILES string of the molecule is CC1CCCN(C(=O)c2ccc(C(=O)O)o2)C1. The maximum Gasteiger partial charge on any atom is 0.371 e. The van der Waals surface area contributed by atoms with Crippen molar-refractivity contribution < 1.29 is 19.1 Å². The Morgan fingerprint density at radius 2 is 2.12 bits per heavy atom. The summed E-state index contributed by atoms with van der Waals surface area (Å²) >= 11 is 0. The van der Waals surface area contributed by atoms with E-state index in [2.05, 4.69) is 6.92 Å². The van der Waals surface area contributed by atoms with Gasteiger partial charge < -0.3 is 14.4 Å². The number of nitrogens with zero attached hydrogens (tertiary/aromatic N) is 1. The van der Waals surface area contributed by atoms with Crippen LogP contribution in [-0.2, 0) is 0 Å². The smallest absolute Gasteiger partial charge is 0.371 e. The second-order valence-electron chi connectivity index (χ2n) is 4.47.